The lowest BCUT2D eigenvalue weighted by molar-refractivity contribution is 0.308. The number of hydrogen-bond acceptors (Lipinski definition) is 2. The van der Waals surface area contributed by atoms with Crippen LogP contribution in [0.3, 0.4) is 0 Å². The summed E-state index contributed by atoms with van der Waals surface area (Å²) < 4.78 is 18.8. The number of rotatable bonds is 5. The van der Waals surface area contributed by atoms with E-state index in [9.17, 15) is 4.39 Å². The summed E-state index contributed by atoms with van der Waals surface area (Å²) in [6.45, 7) is 0.575. The topological polar surface area (TPSA) is 21.3 Å². The normalized spacial score (nSPS) is 23.3. The van der Waals surface area contributed by atoms with Crippen LogP contribution >= 0.6 is 11.6 Å². The highest BCUT2D eigenvalue weighted by Crippen LogP contribution is 2.25. The molecule has 1 aromatic carbocycles. The Morgan fingerprint density at radius 3 is 2.63 bits per heavy atom. The number of hydrogen-bond donors (Lipinski definition) is 1. The lowest BCUT2D eigenvalue weighted by Crippen LogP contribution is -2.33. The zero-order valence-corrected chi connectivity index (χ0v) is 12.0. The molecule has 2 rings (SSSR count). The molecular weight excluding hydrogens is 265 g/mol. The van der Waals surface area contributed by atoms with Gasteiger partial charge in [-0.05, 0) is 37.7 Å². The Bertz CT molecular complexity index is 405. The van der Waals surface area contributed by atoms with E-state index in [1.807, 2.05) is 0 Å². The quantitative estimate of drug-likeness (QED) is 0.833. The molecule has 0 unspecified atom stereocenters. The Hall–Kier alpha value is -0.800. The Balaban J connectivity index is 1.82. The van der Waals surface area contributed by atoms with Gasteiger partial charge in [-0.1, -0.05) is 6.07 Å². The molecule has 1 aliphatic carbocycles. The zero-order valence-electron chi connectivity index (χ0n) is 11.3. The van der Waals surface area contributed by atoms with Crippen molar-refractivity contribution in [2.75, 3.05) is 13.0 Å². The van der Waals surface area contributed by atoms with Crippen molar-refractivity contribution >= 4 is 11.6 Å². The predicted octanol–water partition coefficient (Wildman–Crippen LogP) is 3.72. The van der Waals surface area contributed by atoms with Gasteiger partial charge in [-0.25, -0.2) is 4.39 Å². The average Bonchev–Trinajstić information content (AvgIpc) is 2.46. The van der Waals surface area contributed by atoms with Crippen LogP contribution in [0.1, 0.15) is 31.2 Å². The molecule has 1 saturated carbocycles. The molecule has 1 fully saturated rings. The minimum atomic E-state index is -0.207. The Morgan fingerprint density at radius 1 is 1.32 bits per heavy atom. The van der Waals surface area contributed by atoms with Crippen molar-refractivity contribution in [1.82, 2.24) is 5.32 Å². The lowest BCUT2D eigenvalue weighted by atomic mass is 9.87. The molecule has 0 atom stereocenters. The summed E-state index contributed by atoms with van der Waals surface area (Å²) >= 11 is 5.87. The van der Waals surface area contributed by atoms with Crippen molar-refractivity contribution in [1.29, 1.82) is 0 Å². The summed E-state index contributed by atoms with van der Waals surface area (Å²) in [6.07, 6.45) is 4.61. The molecule has 1 aliphatic rings. The molecule has 0 radical (unpaired) electrons. The van der Waals surface area contributed by atoms with Crippen LogP contribution in [0.5, 0.6) is 5.75 Å². The first-order valence-electron chi connectivity index (χ1n) is 6.84. The molecule has 1 N–H and O–H groups in total. The van der Waals surface area contributed by atoms with Gasteiger partial charge in [0.1, 0.15) is 11.6 Å². The molecule has 106 valence electrons. The Morgan fingerprint density at radius 2 is 2.05 bits per heavy atom. The summed E-state index contributed by atoms with van der Waals surface area (Å²) in [6, 6.07) is 5.50. The first kappa shape index (κ1) is 14.6. The van der Waals surface area contributed by atoms with Gasteiger partial charge in [0.25, 0.3) is 0 Å². The molecule has 0 heterocycles. The van der Waals surface area contributed by atoms with Gasteiger partial charge in [0, 0.05) is 30.1 Å². The second kappa shape index (κ2) is 7.11. The zero-order chi connectivity index (χ0) is 13.7. The van der Waals surface area contributed by atoms with Crippen LogP contribution in [0.4, 0.5) is 4.39 Å². The van der Waals surface area contributed by atoms with Crippen LogP contribution in [0.15, 0.2) is 18.2 Å². The fourth-order valence-corrected chi connectivity index (χ4v) is 2.88. The van der Waals surface area contributed by atoms with Gasteiger partial charge >= 0.3 is 0 Å². The highest BCUT2D eigenvalue weighted by atomic mass is 35.5. The third kappa shape index (κ3) is 4.08. The van der Waals surface area contributed by atoms with Crippen LogP contribution in [-0.4, -0.2) is 19.0 Å². The van der Waals surface area contributed by atoms with E-state index < -0.39 is 0 Å². The summed E-state index contributed by atoms with van der Waals surface area (Å²) in [5.74, 6) is 1.78. The fraction of sp³-hybridized carbons (Fsp3) is 0.600. The predicted molar refractivity (Wildman–Crippen MR) is 76.3 cm³/mol. The summed E-state index contributed by atoms with van der Waals surface area (Å²) in [5, 5.41) is 3.44. The van der Waals surface area contributed by atoms with Gasteiger partial charge in [0.2, 0.25) is 0 Å². The van der Waals surface area contributed by atoms with Gasteiger partial charge < -0.3 is 10.1 Å². The first-order valence-corrected chi connectivity index (χ1v) is 7.38. The van der Waals surface area contributed by atoms with Crippen LogP contribution < -0.4 is 10.1 Å². The summed E-state index contributed by atoms with van der Waals surface area (Å²) in [7, 11) is 1.54. The maximum Gasteiger partial charge on any atom is 0.131 e. The van der Waals surface area contributed by atoms with Crippen molar-refractivity contribution in [3.05, 3.63) is 29.6 Å². The van der Waals surface area contributed by atoms with Crippen LogP contribution in [0.25, 0.3) is 0 Å². The summed E-state index contributed by atoms with van der Waals surface area (Å²) in [5.41, 5.74) is 0.695. The van der Waals surface area contributed by atoms with E-state index >= 15 is 0 Å². The molecule has 0 spiro atoms. The minimum Gasteiger partial charge on any atom is -0.497 e. The number of alkyl halides is 1. The van der Waals surface area contributed by atoms with Gasteiger partial charge in [-0.2, -0.15) is 0 Å². The van der Waals surface area contributed by atoms with Gasteiger partial charge in [-0.15, -0.1) is 11.6 Å². The van der Waals surface area contributed by atoms with E-state index in [1.54, 1.807) is 19.2 Å². The molecule has 19 heavy (non-hydrogen) atoms. The molecule has 0 aromatic heterocycles. The third-order valence-electron chi connectivity index (χ3n) is 3.91. The third-order valence-corrected chi connectivity index (χ3v) is 4.34. The average molecular weight is 286 g/mol. The first-order chi connectivity index (χ1) is 9.22. The van der Waals surface area contributed by atoms with E-state index in [0.29, 0.717) is 29.8 Å². The van der Waals surface area contributed by atoms with E-state index in [0.717, 1.165) is 18.7 Å². The molecule has 2 nitrogen and oxygen atoms in total. The van der Waals surface area contributed by atoms with Crippen molar-refractivity contribution in [2.24, 2.45) is 5.92 Å². The van der Waals surface area contributed by atoms with Crippen LogP contribution in [-0.2, 0) is 6.54 Å². The van der Waals surface area contributed by atoms with Crippen molar-refractivity contribution in [3.8, 4) is 5.75 Å². The second-order valence-corrected chi connectivity index (χ2v) is 5.52. The van der Waals surface area contributed by atoms with Crippen molar-refractivity contribution in [3.63, 3.8) is 0 Å². The van der Waals surface area contributed by atoms with Gasteiger partial charge in [0.15, 0.2) is 0 Å². The molecular formula is C15H21ClFNO. The number of ether oxygens (including phenoxy) is 1. The van der Waals surface area contributed by atoms with Crippen molar-refractivity contribution < 1.29 is 9.13 Å². The highest BCUT2D eigenvalue weighted by Gasteiger charge is 2.20. The highest BCUT2D eigenvalue weighted by molar-refractivity contribution is 6.18. The molecule has 1 aromatic rings. The smallest absolute Gasteiger partial charge is 0.131 e. The fourth-order valence-electron chi connectivity index (χ4n) is 2.57. The SMILES string of the molecule is COc1ccc(CNC2CCC(CCl)CC2)c(F)c1. The van der Waals surface area contributed by atoms with Gasteiger partial charge in [-0.3, -0.25) is 0 Å². The standard InChI is InChI=1S/C15H21ClFNO/c1-19-14-7-4-12(15(17)8-14)10-18-13-5-2-11(9-16)3-6-13/h4,7-8,11,13,18H,2-3,5-6,9-10H2,1H3. The number of nitrogens with one attached hydrogen (secondary N) is 1. The van der Waals surface area contributed by atoms with Crippen molar-refractivity contribution in [2.45, 2.75) is 38.3 Å². The molecule has 0 saturated heterocycles. The van der Waals surface area contributed by atoms with Crippen LogP contribution in [0.2, 0.25) is 0 Å². The number of benzene rings is 1. The molecule has 0 aliphatic heterocycles. The van der Waals surface area contributed by atoms with E-state index in [2.05, 4.69) is 5.32 Å². The van der Waals surface area contributed by atoms with Crippen LogP contribution in [0, 0.1) is 11.7 Å². The Labute approximate surface area is 119 Å². The maximum absolute atomic E-state index is 13.8. The largest absolute Gasteiger partial charge is 0.497 e. The second-order valence-electron chi connectivity index (χ2n) is 5.21. The number of halogens is 2. The number of methoxy groups -OCH3 is 1. The van der Waals surface area contributed by atoms with E-state index in [-0.39, 0.29) is 5.82 Å². The molecule has 4 heteroatoms. The summed E-state index contributed by atoms with van der Waals surface area (Å²) in [4.78, 5) is 0. The maximum atomic E-state index is 13.8. The van der Waals surface area contributed by atoms with Gasteiger partial charge in [0.05, 0.1) is 7.11 Å². The molecule has 0 amide bonds. The molecule has 0 bridgehead atoms. The Kier molecular flexibility index (Phi) is 5.46. The van der Waals surface area contributed by atoms with E-state index in [1.165, 1.54) is 18.9 Å². The lowest BCUT2D eigenvalue weighted by Gasteiger charge is -2.28. The van der Waals surface area contributed by atoms with E-state index in [4.69, 9.17) is 16.3 Å². The monoisotopic (exact) mass is 285 g/mol. The minimum absolute atomic E-state index is 0.207.